The minimum absolute atomic E-state index is 0.673. The molecule has 0 aromatic heterocycles. The van der Waals surface area contributed by atoms with Crippen molar-refractivity contribution < 1.29 is 0 Å². The zero-order valence-corrected chi connectivity index (χ0v) is 14.9. The fourth-order valence-corrected chi connectivity index (χ4v) is 4.05. The molecule has 0 radical (unpaired) electrons. The van der Waals surface area contributed by atoms with E-state index in [1.807, 2.05) is 11.8 Å². The number of nitrogens with zero attached hydrogens (tertiary/aromatic N) is 3. The molecule has 0 unspecified atom stereocenters. The summed E-state index contributed by atoms with van der Waals surface area (Å²) in [6.45, 7) is 7.42. The Labute approximate surface area is 144 Å². The van der Waals surface area contributed by atoms with Crippen molar-refractivity contribution in [2.45, 2.75) is 26.3 Å². The van der Waals surface area contributed by atoms with Crippen LogP contribution in [0.15, 0.2) is 29.3 Å². The van der Waals surface area contributed by atoms with Gasteiger partial charge in [-0.1, -0.05) is 19.1 Å². The largest absolute Gasteiger partial charge is 0.372 e. The van der Waals surface area contributed by atoms with Gasteiger partial charge in [-0.25, -0.2) is 4.99 Å². The van der Waals surface area contributed by atoms with Gasteiger partial charge in [0.15, 0.2) is 5.96 Å². The summed E-state index contributed by atoms with van der Waals surface area (Å²) in [5.74, 6) is 3.87. The maximum absolute atomic E-state index is 6.11. The van der Waals surface area contributed by atoms with E-state index in [2.05, 4.69) is 46.0 Å². The lowest BCUT2D eigenvalue weighted by atomic mass is 9.99. The second kappa shape index (κ2) is 7.95. The monoisotopic (exact) mass is 332 g/mol. The van der Waals surface area contributed by atoms with Crippen LogP contribution in [0.3, 0.4) is 0 Å². The number of hydrogen-bond donors (Lipinski definition) is 1. The van der Waals surface area contributed by atoms with Gasteiger partial charge in [0.25, 0.3) is 0 Å². The Kier molecular flexibility index (Phi) is 5.70. The molecule has 4 nitrogen and oxygen atoms in total. The topological polar surface area (TPSA) is 44.9 Å². The van der Waals surface area contributed by atoms with E-state index in [9.17, 15) is 0 Å². The predicted octanol–water partition coefficient (Wildman–Crippen LogP) is 2.79. The summed E-state index contributed by atoms with van der Waals surface area (Å²) in [5.41, 5.74) is 8.68. The molecule has 126 valence electrons. The Morgan fingerprint density at radius 3 is 2.43 bits per heavy atom. The summed E-state index contributed by atoms with van der Waals surface area (Å²) in [5, 5.41) is 0. The molecule has 0 atom stereocenters. The first-order chi connectivity index (χ1) is 11.2. The zero-order valence-electron chi connectivity index (χ0n) is 14.1. The second-order valence-electron chi connectivity index (χ2n) is 6.61. The third kappa shape index (κ3) is 4.56. The maximum atomic E-state index is 6.11. The molecule has 2 N–H and O–H groups in total. The van der Waals surface area contributed by atoms with E-state index in [4.69, 9.17) is 5.73 Å². The fraction of sp³-hybridized carbons (Fsp3) is 0.611. The average molecular weight is 333 g/mol. The van der Waals surface area contributed by atoms with Crippen molar-refractivity contribution in [1.82, 2.24) is 4.90 Å². The van der Waals surface area contributed by atoms with Gasteiger partial charge in [-0.3, -0.25) is 0 Å². The fourth-order valence-electron chi connectivity index (χ4n) is 3.14. The molecule has 5 heteroatoms. The van der Waals surface area contributed by atoms with Crippen molar-refractivity contribution in [2.24, 2.45) is 16.6 Å². The highest BCUT2D eigenvalue weighted by Gasteiger charge is 2.16. The zero-order chi connectivity index (χ0) is 16.1. The standard InChI is InChI=1S/C18H28N4S/c1-15-6-8-21(9-7-15)17-4-2-16(3-5-17)14-20-18(19)22-10-12-23-13-11-22/h2-5,15H,6-14H2,1H3,(H2,19,20). The van der Waals surface area contributed by atoms with Crippen molar-refractivity contribution in [3.8, 4) is 0 Å². The predicted molar refractivity (Wildman–Crippen MR) is 101 cm³/mol. The quantitative estimate of drug-likeness (QED) is 0.683. The number of anilines is 1. The molecule has 2 fully saturated rings. The Bertz CT molecular complexity index is 514. The molecule has 2 aliphatic rings. The van der Waals surface area contributed by atoms with Crippen molar-refractivity contribution >= 4 is 23.4 Å². The minimum Gasteiger partial charge on any atom is -0.372 e. The van der Waals surface area contributed by atoms with Crippen LogP contribution >= 0.6 is 11.8 Å². The highest BCUT2D eigenvalue weighted by molar-refractivity contribution is 7.99. The number of nitrogens with two attached hydrogens (primary N) is 1. The lowest BCUT2D eigenvalue weighted by molar-refractivity contribution is 0.438. The lowest BCUT2D eigenvalue weighted by Gasteiger charge is -2.32. The van der Waals surface area contributed by atoms with E-state index in [1.165, 1.54) is 37.2 Å². The molecule has 2 aliphatic heterocycles. The highest BCUT2D eigenvalue weighted by atomic mass is 32.2. The average Bonchev–Trinajstić information content (AvgIpc) is 2.61. The van der Waals surface area contributed by atoms with Crippen LogP contribution in [-0.4, -0.2) is 48.5 Å². The summed E-state index contributed by atoms with van der Waals surface area (Å²) >= 11 is 1.99. The molecule has 0 saturated carbocycles. The van der Waals surface area contributed by atoms with Crippen LogP contribution in [0.4, 0.5) is 5.69 Å². The van der Waals surface area contributed by atoms with Gasteiger partial charge in [-0.05, 0) is 36.5 Å². The number of piperidine rings is 1. The van der Waals surface area contributed by atoms with Crippen LogP contribution in [0.2, 0.25) is 0 Å². The number of guanidine groups is 1. The van der Waals surface area contributed by atoms with E-state index in [1.54, 1.807) is 0 Å². The molecule has 2 heterocycles. The van der Waals surface area contributed by atoms with Gasteiger partial charge < -0.3 is 15.5 Å². The summed E-state index contributed by atoms with van der Waals surface area (Å²) in [6.07, 6.45) is 2.60. The van der Waals surface area contributed by atoms with Crippen molar-refractivity contribution in [2.75, 3.05) is 42.6 Å². The van der Waals surface area contributed by atoms with Crippen LogP contribution < -0.4 is 10.6 Å². The molecule has 1 aromatic carbocycles. The third-order valence-corrected chi connectivity index (χ3v) is 5.79. The smallest absolute Gasteiger partial charge is 0.191 e. The summed E-state index contributed by atoms with van der Waals surface area (Å²) in [6, 6.07) is 8.84. The maximum Gasteiger partial charge on any atom is 0.191 e. The number of rotatable bonds is 3. The molecular weight excluding hydrogens is 304 g/mol. The van der Waals surface area contributed by atoms with Gasteiger partial charge in [-0.2, -0.15) is 11.8 Å². The Morgan fingerprint density at radius 1 is 1.13 bits per heavy atom. The third-order valence-electron chi connectivity index (χ3n) is 4.84. The first kappa shape index (κ1) is 16.5. The van der Waals surface area contributed by atoms with E-state index < -0.39 is 0 Å². The first-order valence-electron chi connectivity index (χ1n) is 8.69. The Morgan fingerprint density at radius 2 is 1.78 bits per heavy atom. The van der Waals surface area contributed by atoms with E-state index >= 15 is 0 Å². The molecule has 1 aromatic rings. The lowest BCUT2D eigenvalue weighted by Crippen LogP contribution is -2.42. The second-order valence-corrected chi connectivity index (χ2v) is 7.83. The van der Waals surface area contributed by atoms with Gasteiger partial charge >= 0.3 is 0 Å². The van der Waals surface area contributed by atoms with Crippen molar-refractivity contribution in [3.63, 3.8) is 0 Å². The Balaban J connectivity index is 1.54. The van der Waals surface area contributed by atoms with Gasteiger partial charge in [0.05, 0.1) is 6.54 Å². The Hall–Kier alpha value is -1.36. The number of benzene rings is 1. The molecular formula is C18H28N4S. The van der Waals surface area contributed by atoms with Gasteiger partial charge in [0.1, 0.15) is 0 Å². The van der Waals surface area contributed by atoms with Gasteiger partial charge in [-0.15, -0.1) is 0 Å². The van der Waals surface area contributed by atoms with E-state index in [-0.39, 0.29) is 0 Å². The summed E-state index contributed by atoms with van der Waals surface area (Å²) < 4.78 is 0. The molecule has 3 rings (SSSR count). The number of aliphatic imine (C=N–C) groups is 1. The van der Waals surface area contributed by atoms with E-state index in [0.29, 0.717) is 12.5 Å². The summed E-state index contributed by atoms with van der Waals surface area (Å²) in [4.78, 5) is 9.25. The van der Waals surface area contributed by atoms with Gasteiger partial charge in [0.2, 0.25) is 0 Å². The number of thioether (sulfide) groups is 1. The molecule has 0 amide bonds. The van der Waals surface area contributed by atoms with Crippen LogP contribution in [0.5, 0.6) is 0 Å². The van der Waals surface area contributed by atoms with Crippen LogP contribution in [0.25, 0.3) is 0 Å². The molecule has 2 saturated heterocycles. The molecule has 0 bridgehead atoms. The van der Waals surface area contributed by atoms with Crippen molar-refractivity contribution in [1.29, 1.82) is 0 Å². The molecule has 0 aliphatic carbocycles. The van der Waals surface area contributed by atoms with Crippen LogP contribution in [0, 0.1) is 5.92 Å². The molecule has 23 heavy (non-hydrogen) atoms. The normalized spacial score (nSPS) is 20.8. The van der Waals surface area contributed by atoms with Gasteiger partial charge in [0, 0.05) is 43.4 Å². The minimum atomic E-state index is 0.673. The first-order valence-corrected chi connectivity index (χ1v) is 9.84. The molecule has 0 spiro atoms. The van der Waals surface area contributed by atoms with E-state index in [0.717, 1.165) is 30.5 Å². The SMILES string of the molecule is CC1CCN(c2ccc(CN=C(N)N3CCSCC3)cc2)CC1. The summed E-state index contributed by atoms with van der Waals surface area (Å²) in [7, 11) is 0. The number of hydrogen-bond acceptors (Lipinski definition) is 3. The van der Waals surface area contributed by atoms with Crippen molar-refractivity contribution in [3.05, 3.63) is 29.8 Å². The highest BCUT2D eigenvalue weighted by Crippen LogP contribution is 2.23. The van der Waals surface area contributed by atoms with Crippen LogP contribution in [-0.2, 0) is 6.54 Å². The van der Waals surface area contributed by atoms with Crippen LogP contribution in [0.1, 0.15) is 25.3 Å².